The van der Waals surface area contributed by atoms with Gasteiger partial charge in [0, 0.05) is 0 Å². The first kappa shape index (κ1) is 7.70. The van der Waals surface area contributed by atoms with Gasteiger partial charge in [0.2, 0.25) is 0 Å². The Labute approximate surface area is 66.5 Å². The molecule has 1 rings (SSSR count). The van der Waals surface area contributed by atoms with Crippen LogP contribution >= 0.6 is 12.5 Å². The molecule has 0 spiro atoms. The molecule has 0 saturated carbocycles. The Kier molecular flexibility index (Phi) is 2.41. The standard InChI is InChI=1S/C7H9BOS/c1-6-3-2-4-7(5-6)8(9)10/h2-5,9-10H,1H3. The Bertz CT molecular complexity index is 225. The second-order valence-electron chi connectivity index (χ2n) is 2.29. The lowest BCUT2D eigenvalue weighted by Gasteiger charge is -1.99. The fourth-order valence-corrected chi connectivity index (χ4v) is 0.991. The lowest BCUT2D eigenvalue weighted by atomic mass is 9.86. The average Bonchev–Trinajstić information content (AvgIpc) is 1.88. The number of benzene rings is 1. The highest BCUT2D eigenvalue weighted by molar-refractivity contribution is 8.10. The van der Waals surface area contributed by atoms with E-state index in [2.05, 4.69) is 12.5 Å². The summed E-state index contributed by atoms with van der Waals surface area (Å²) in [5, 5.41) is 9.01. The highest BCUT2D eigenvalue weighted by Crippen LogP contribution is 1.95. The third kappa shape index (κ3) is 1.79. The molecule has 10 heavy (non-hydrogen) atoms. The van der Waals surface area contributed by atoms with Crippen molar-refractivity contribution in [3.63, 3.8) is 0 Å². The minimum Gasteiger partial charge on any atom is -0.438 e. The van der Waals surface area contributed by atoms with Gasteiger partial charge < -0.3 is 5.02 Å². The van der Waals surface area contributed by atoms with Crippen LogP contribution in [0.4, 0.5) is 0 Å². The fraction of sp³-hybridized carbons (Fsp3) is 0.143. The average molecular weight is 152 g/mol. The fourth-order valence-electron chi connectivity index (χ4n) is 0.831. The van der Waals surface area contributed by atoms with Crippen molar-refractivity contribution in [2.45, 2.75) is 6.92 Å². The van der Waals surface area contributed by atoms with E-state index < -0.39 is 6.19 Å². The predicted molar refractivity (Wildman–Crippen MR) is 47.8 cm³/mol. The summed E-state index contributed by atoms with van der Waals surface area (Å²) < 4.78 is 0. The molecule has 3 heteroatoms. The smallest absolute Gasteiger partial charge is 0.390 e. The van der Waals surface area contributed by atoms with Crippen molar-refractivity contribution in [2.24, 2.45) is 0 Å². The minimum atomic E-state index is -0.653. The normalized spacial score (nSPS) is 9.50. The monoisotopic (exact) mass is 152 g/mol. The van der Waals surface area contributed by atoms with Gasteiger partial charge in [-0.1, -0.05) is 29.8 Å². The van der Waals surface area contributed by atoms with E-state index in [0.29, 0.717) is 0 Å². The summed E-state index contributed by atoms with van der Waals surface area (Å²) in [6, 6.07) is 7.66. The highest BCUT2D eigenvalue weighted by atomic mass is 32.1. The van der Waals surface area contributed by atoms with Gasteiger partial charge in [-0.25, -0.2) is 0 Å². The molecule has 0 aromatic heterocycles. The quantitative estimate of drug-likeness (QED) is 0.446. The molecule has 1 N–H and O–H groups in total. The van der Waals surface area contributed by atoms with Crippen LogP contribution in [0.5, 0.6) is 0 Å². The van der Waals surface area contributed by atoms with E-state index in [1.54, 1.807) is 0 Å². The van der Waals surface area contributed by atoms with E-state index in [0.717, 1.165) is 11.0 Å². The van der Waals surface area contributed by atoms with Crippen LogP contribution in [-0.4, -0.2) is 11.2 Å². The Morgan fingerprint density at radius 3 is 2.60 bits per heavy atom. The van der Waals surface area contributed by atoms with Gasteiger partial charge in [0.1, 0.15) is 0 Å². The van der Waals surface area contributed by atoms with E-state index >= 15 is 0 Å². The maximum Gasteiger partial charge on any atom is 0.390 e. The summed E-state index contributed by atoms with van der Waals surface area (Å²) in [7, 11) is 0. The third-order valence-corrected chi connectivity index (χ3v) is 1.64. The molecule has 1 aromatic rings. The van der Waals surface area contributed by atoms with Gasteiger partial charge in [0.05, 0.1) is 0 Å². The second kappa shape index (κ2) is 3.13. The largest absolute Gasteiger partial charge is 0.438 e. The lowest BCUT2D eigenvalue weighted by molar-refractivity contribution is 0.609. The van der Waals surface area contributed by atoms with Gasteiger partial charge in [0.25, 0.3) is 0 Å². The van der Waals surface area contributed by atoms with Crippen LogP contribution in [0.25, 0.3) is 0 Å². The number of aryl methyl sites for hydroxylation is 1. The molecule has 0 aliphatic heterocycles. The molecule has 0 unspecified atom stereocenters. The zero-order valence-electron chi connectivity index (χ0n) is 5.78. The van der Waals surface area contributed by atoms with E-state index in [9.17, 15) is 0 Å². The van der Waals surface area contributed by atoms with Crippen molar-refractivity contribution in [3.8, 4) is 0 Å². The number of hydrogen-bond donors (Lipinski definition) is 2. The predicted octanol–water partition coefficient (Wildman–Crippen LogP) is 0.612. The molecular weight excluding hydrogens is 143 g/mol. The van der Waals surface area contributed by atoms with Gasteiger partial charge in [-0.3, -0.25) is 0 Å². The van der Waals surface area contributed by atoms with Crippen molar-refractivity contribution in [1.82, 2.24) is 0 Å². The molecule has 0 saturated heterocycles. The first-order valence-corrected chi connectivity index (χ1v) is 3.64. The molecule has 0 heterocycles. The van der Waals surface area contributed by atoms with Crippen LogP contribution in [0.2, 0.25) is 0 Å². The van der Waals surface area contributed by atoms with Gasteiger partial charge in [-0.2, -0.15) is 12.5 Å². The van der Waals surface area contributed by atoms with Crippen molar-refractivity contribution < 1.29 is 5.02 Å². The van der Waals surface area contributed by atoms with Crippen molar-refractivity contribution >= 4 is 24.1 Å². The summed E-state index contributed by atoms with van der Waals surface area (Å²) in [5.41, 5.74) is 1.99. The van der Waals surface area contributed by atoms with Gasteiger partial charge in [0.15, 0.2) is 0 Å². The molecule has 0 radical (unpaired) electrons. The first-order valence-electron chi connectivity index (χ1n) is 3.13. The highest BCUT2D eigenvalue weighted by Gasteiger charge is 2.06. The molecule has 0 aliphatic carbocycles. The molecule has 0 atom stereocenters. The lowest BCUT2D eigenvalue weighted by Crippen LogP contribution is -2.23. The molecule has 1 nitrogen and oxygen atoms in total. The van der Waals surface area contributed by atoms with Crippen LogP contribution in [0.1, 0.15) is 5.56 Å². The van der Waals surface area contributed by atoms with E-state index in [1.165, 1.54) is 0 Å². The number of hydrogen-bond acceptors (Lipinski definition) is 2. The Balaban J connectivity index is 2.96. The molecule has 0 bridgehead atoms. The summed E-state index contributed by atoms with van der Waals surface area (Å²) in [5.74, 6) is 0. The minimum absolute atomic E-state index is 0.653. The van der Waals surface area contributed by atoms with Crippen molar-refractivity contribution in [2.75, 3.05) is 0 Å². The van der Waals surface area contributed by atoms with E-state index in [1.807, 2.05) is 31.2 Å². The topological polar surface area (TPSA) is 20.2 Å². The zero-order valence-corrected chi connectivity index (χ0v) is 6.68. The Hall–Kier alpha value is -0.405. The summed E-state index contributed by atoms with van der Waals surface area (Å²) in [4.78, 5) is 0. The third-order valence-electron chi connectivity index (χ3n) is 1.34. The number of rotatable bonds is 1. The van der Waals surface area contributed by atoms with Crippen molar-refractivity contribution in [1.29, 1.82) is 0 Å². The van der Waals surface area contributed by atoms with Crippen LogP contribution in [0, 0.1) is 6.92 Å². The summed E-state index contributed by atoms with van der Waals surface area (Å²) >= 11 is 3.89. The molecule has 52 valence electrons. The van der Waals surface area contributed by atoms with Gasteiger partial charge in [-0.05, 0) is 12.4 Å². The van der Waals surface area contributed by atoms with E-state index in [4.69, 9.17) is 5.02 Å². The molecule has 0 aliphatic rings. The summed E-state index contributed by atoms with van der Waals surface area (Å²) in [6.45, 7) is 1.99. The molecule has 0 fully saturated rings. The number of thiol groups is 1. The Morgan fingerprint density at radius 2 is 2.20 bits per heavy atom. The van der Waals surface area contributed by atoms with E-state index in [-0.39, 0.29) is 0 Å². The summed E-state index contributed by atoms with van der Waals surface area (Å²) in [6.07, 6.45) is -0.653. The maximum absolute atomic E-state index is 9.01. The molecular formula is C7H9BOS. The van der Waals surface area contributed by atoms with Crippen LogP contribution < -0.4 is 5.46 Å². The van der Waals surface area contributed by atoms with Gasteiger partial charge in [-0.15, -0.1) is 0 Å². The molecule has 0 amide bonds. The van der Waals surface area contributed by atoms with Crippen molar-refractivity contribution in [3.05, 3.63) is 29.8 Å². The first-order chi connectivity index (χ1) is 4.70. The molecule has 1 aromatic carbocycles. The SMILES string of the molecule is Cc1cccc(B(O)S)c1. The maximum atomic E-state index is 9.01. The van der Waals surface area contributed by atoms with Gasteiger partial charge >= 0.3 is 6.19 Å². The Morgan fingerprint density at radius 1 is 1.50 bits per heavy atom. The van der Waals surface area contributed by atoms with Crippen LogP contribution in [0.15, 0.2) is 24.3 Å². The zero-order chi connectivity index (χ0) is 7.56. The second-order valence-corrected chi connectivity index (χ2v) is 2.78. The van der Waals surface area contributed by atoms with Crippen LogP contribution in [-0.2, 0) is 0 Å². The van der Waals surface area contributed by atoms with Crippen LogP contribution in [0.3, 0.4) is 0 Å².